The number of benzene rings is 1. The summed E-state index contributed by atoms with van der Waals surface area (Å²) in [5, 5.41) is 0. The van der Waals surface area contributed by atoms with Crippen molar-refractivity contribution < 1.29 is 0 Å². The predicted octanol–water partition coefficient (Wildman–Crippen LogP) is 3.28. The Morgan fingerprint density at radius 3 is 1.81 bits per heavy atom. The van der Waals surface area contributed by atoms with Crippen molar-refractivity contribution in [1.82, 2.24) is 0 Å². The third-order valence-corrected chi connectivity index (χ3v) is 2.97. The van der Waals surface area contributed by atoms with Gasteiger partial charge in [-0.25, -0.2) is 0 Å². The fraction of sp³-hybridized carbons (Fsp3) is 0.455. The van der Waals surface area contributed by atoms with Crippen molar-refractivity contribution in [3.05, 3.63) is 34.3 Å². The van der Waals surface area contributed by atoms with E-state index in [4.69, 9.17) is 11.5 Å². The lowest BCUT2D eigenvalue weighted by Gasteiger charge is -2.23. The first kappa shape index (κ1) is 18.6. The summed E-state index contributed by atoms with van der Waals surface area (Å²) in [4.78, 5) is 0. The van der Waals surface area contributed by atoms with Crippen LogP contribution in [0.4, 0.5) is 0 Å². The van der Waals surface area contributed by atoms with Crippen LogP contribution >= 0.6 is 40.7 Å². The zero-order valence-electron chi connectivity index (χ0n) is 9.39. The molecule has 0 spiro atoms. The Morgan fingerprint density at radius 2 is 1.44 bits per heavy atom. The molecule has 94 valence electrons. The summed E-state index contributed by atoms with van der Waals surface area (Å²) >= 11 is 3.39. The van der Waals surface area contributed by atoms with Crippen LogP contribution in [0, 0.1) is 5.92 Å². The van der Waals surface area contributed by atoms with E-state index >= 15 is 0 Å². The van der Waals surface area contributed by atoms with Crippen LogP contribution in [0.15, 0.2) is 28.7 Å². The third kappa shape index (κ3) is 5.02. The molecule has 4 N–H and O–H groups in total. The molecule has 0 aliphatic heterocycles. The van der Waals surface area contributed by atoms with Gasteiger partial charge in [0.2, 0.25) is 0 Å². The van der Waals surface area contributed by atoms with Gasteiger partial charge >= 0.3 is 0 Å². The Balaban J connectivity index is 0. The maximum atomic E-state index is 6.05. The molecule has 0 aliphatic carbocycles. The Kier molecular flexibility index (Phi) is 9.65. The van der Waals surface area contributed by atoms with Crippen molar-refractivity contribution in [2.45, 2.75) is 25.9 Å². The first-order valence-electron chi connectivity index (χ1n) is 4.79. The fourth-order valence-corrected chi connectivity index (χ4v) is 1.59. The van der Waals surface area contributed by atoms with Crippen molar-refractivity contribution in [2.24, 2.45) is 17.4 Å². The molecule has 2 nitrogen and oxygen atoms in total. The van der Waals surface area contributed by atoms with Crippen molar-refractivity contribution in [2.75, 3.05) is 0 Å². The van der Waals surface area contributed by atoms with Crippen LogP contribution in [-0.4, -0.2) is 6.04 Å². The molecule has 2 unspecified atom stereocenters. The second-order valence-corrected chi connectivity index (χ2v) is 4.81. The Hall–Kier alpha value is 0.200. The maximum absolute atomic E-state index is 6.05. The number of hydrogen-bond acceptors (Lipinski definition) is 2. The highest BCUT2D eigenvalue weighted by Gasteiger charge is 2.17. The molecule has 0 heterocycles. The predicted molar refractivity (Wildman–Crippen MR) is 78.4 cm³/mol. The lowest BCUT2D eigenvalue weighted by molar-refractivity contribution is 0.423. The van der Waals surface area contributed by atoms with Gasteiger partial charge in [-0.1, -0.05) is 41.9 Å². The molecule has 1 aromatic rings. The second kappa shape index (κ2) is 8.31. The summed E-state index contributed by atoms with van der Waals surface area (Å²) in [5.74, 6) is 0.397. The van der Waals surface area contributed by atoms with Gasteiger partial charge in [-0.3, -0.25) is 0 Å². The van der Waals surface area contributed by atoms with Crippen LogP contribution in [0.1, 0.15) is 25.5 Å². The minimum atomic E-state index is -0.0805. The molecule has 0 saturated heterocycles. The van der Waals surface area contributed by atoms with E-state index in [2.05, 4.69) is 29.8 Å². The normalized spacial score (nSPS) is 13.6. The summed E-state index contributed by atoms with van der Waals surface area (Å²) in [5.41, 5.74) is 13.1. The Labute approximate surface area is 118 Å². The van der Waals surface area contributed by atoms with Crippen molar-refractivity contribution in [1.29, 1.82) is 0 Å². The zero-order valence-corrected chi connectivity index (χ0v) is 12.6. The average molecular weight is 330 g/mol. The van der Waals surface area contributed by atoms with Crippen LogP contribution in [0.3, 0.4) is 0 Å². The molecule has 0 bridgehead atoms. The summed E-state index contributed by atoms with van der Waals surface area (Å²) in [7, 11) is 0. The quantitative estimate of drug-likeness (QED) is 0.894. The van der Waals surface area contributed by atoms with E-state index < -0.39 is 0 Å². The van der Waals surface area contributed by atoms with Gasteiger partial charge in [0.1, 0.15) is 0 Å². The van der Waals surface area contributed by atoms with Gasteiger partial charge < -0.3 is 11.5 Å². The Morgan fingerprint density at radius 1 is 1.00 bits per heavy atom. The molecule has 5 heteroatoms. The lowest BCUT2D eigenvalue weighted by Crippen LogP contribution is -2.38. The monoisotopic (exact) mass is 328 g/mol. The molecule has 0 aromatic heterocycles. The standard InChI is InChI=1S/C11H17BrN2.2ClH/c1-7(2)10(13)11(14)8-3-5-9(12)6-4-8;;/h3-7,10-11H,13-14H2,1-2H3;2*1H. The molecular weight excluding hydrogens is 311 g/mol. The van der Waals surface area contributed by atoms with Gasteiger partial charge in [-0.05, 0) is 23.6 Å². The van der Waals surface area contributed by atoms with Gasteiger partial charge in [0.05, 0.1) is 0 Å². The van der Waals surface area contributed by atoms with Gasteiger partial charge in [-0.15, -0.1) is 24.8 Å². The maximum Gasteiger partial charge on any atom is 0.0451 e. The van der Waals surface area contributed by atoms with Crippen LogP contribution in [-0.2, 0) is 0 Å². The van der Waals surface area contributed by atoms with E-state index in [9.17, 15) is 0 Å². The summed E-state index contributed by atoms with van der Waals surface area (Å²) in [6, 6.07) is 7.93. The minimum Gasteiger partial charge on any atom is -0.326 e. The molecule has 0 radical (unpaired) electrons. The number of halogens is 3. The van der Waals surface area contributed by atoms with Crippen LogP contribution in [0.2, 0.25) is 0 Å². The van der Waals surface area contributed by atoms with E-state index in [0.717, 1.165) is 10.0 Å². The number of nitrogens with two attached hydrogens (primary N) is 2. The molecule has 1 rings (SSSR count). The summed E-state index contributed by atoms with van der Waals surface area (Å²) in [6.45, 7) is 4.17. The minimum absolute atomic E-state index is 0. The van der Waals surface area contributed by atoms with Crippen molar-refractivity contribution in [3.8, 4) is 0 Å². The Bertz CT molecular complexity index is 291. The van der Waals surface area contributed by atoms with Gasteiger partial charge in [-0.2, -0.15) is 0 Å². The average Bonchev–Trinajstić information content (AvgIpc) is 2.16. The smallest absolute Gasteiger partial charge is 0.0451 e. The summed E-state index contributed by atoms with van der Waals surface area (Å²) in [6.07, 6.45) is 0. The molecular formula is C11H19BrCl2N2. The van der Waals surface area contributed by atoms with Crippen LogP contribution < -0.4 is 11.5 Å². The number of rotatable bonds is 3. The van der Waals surface area contributed by atoms with E-state index in [1.807, 2.05) is 24.3 Å². The largest absolute Gasteiger partial charge is 0.326 e. The van der Waals surface area contributed by atoms with Gasteiger partial charge in [0, 0.05) is 16.6 Å². The van der Waals surface area contributed by atoms with E-state index in [1.54, 1.807) is 0 Å². The number of hydrogen-bond donors (Lipinski definition) is 2. The molecule has 0 aliphatic rings. The highest BCUT2D eigenvalue weighted by molar-refractivity contribution is 9.10. The van der Waals surface area contributed by atoms with Crippen molar-refractivity contribution in [3.63, 3.8) is 0 Å². The van der Waals surface area contributed by atoms with Crippen molar-refractivity contribution >= 4 is 40.7 Å². The third-order valence-electron chi connectivity index (χ3n) is 2.44. The zero-order chi connectivity index (χ0) is 10.7. The van der Waals surface area contributed by atoms with E-state index in [-0.39, 0.29) is 36.9 Å². The fourth-order valence-electron chi connectivity index (χ4n) is 1.32. The topological polar surface area (TPSA) is 52.0 Å². The van der Waals surface area contributed by atoms with E-state index in [0.29, 0.717) is 5.92 Å². The molecule has 1 aromatic carbocycles. The van der Waals surface area contributed by atoms with E-state index in [1.165, 1.54) is 0 Å². The molecule has 0 saturated carbocycles. The first-order valence-corrected chi connectivity index (χ1v) is 5.58. The lowest BCUT2D eigenvalue weighted by atomic mass is 9.93. The molecule has 16 heavy (non-hydrogen) atoms. The molecule has 0 fully saturated rings. The molecule has 0 amide bonds. The highest BCUT2D eigenvalue weighted by Crippen LogP contribution is 2.19. The molecule has 2 atom stereocenters. The summed E-state index contributed by atoms with van der Waals surface area (Å²) < 4.78 is 1.06. The first-order chi connectivity index (χ1) is 6.52. The second-order valence-electron chi connectivity index (χ2n) is 3.90. The van der Waals surface area contributed by atoms with Gasteiger partial charge in [0.25, 0.3) is 0 Å². The van der Waals surface area contributed by atoms with Crippen LogP contribution in [0.25, 0.3) is 0 Å². The van der Waals surface area contributed by atoms with Crippen LogP contribution in [0.5, 0.6) is 0 Å². The SMILES string of the molecule is CC(C)C(N)C(N)c1ccc(Br)cc1.Cl.Cl. The highest BCUT2D eigenvalue weighted by atomic mass is 79.9. The van der Waals surface area contributed by atoms with Gasteiger partial charge in [0.15, 0.2) is 0 Å².